The summed E-state index contributed by atoms with van der Waals surface area (Å²) in [5.41, 5.74) is 3.67. The number of imidazole rings is 1. The Kier molecular flexibility index (Phi) is 2.99. The molecule has 0 bridgehead atoms. The summed E-state index contributed by atoms with van der Waals surface area (Å²) in [5, 5.41) is 0. The summed E-state index contributed by atoms with van der Waals surface area (Å²) in [6, 6.07) is 6.79. The van der Waals surface area contributed by atoms with Gasteiger partial charge in [-0.1, -0.05) is 12.1 Å². The van der Waals surface area contributed by atoms with Crippen molar-refractivity contribution in [3.63, 3.8) is 0 Å². The van der Waals surface area contributed by atoms with Gasteiger partial charge in [-0.25, -0.2) is 0 Å². The van der Waals surface area contributed by atoms with Crippen molar-refractivity contribution in [2.75, 3.05) is 6.61 Å². The average molecular weight is 262 g/mol. The number of para-hydroxylation sites is 1. The van der Waals surface area contributed by atoms with Crippen LogP contribution in [0.3, 0.4) is 0 Å². The summed E-state index contributed by atoms with van der Waals surface area (Å²) in [7, 11) is 0. The molecule has 0 spiro atoms. The second kappa shape index (κ2) is 4.52. The number of rotatable bonds is 3. The molecule has 1 aliphatic carbocycles. The lowest BCUT2D eigenvalue weighted by atomic mass is 9.88. The molecule has 0 amide bonds. The normalized spacial score (nSPS) is 23.2. The Morgan fingerprint density at radius 3 is 2.94 bits per heavy atom. The molecule has 1 aliphatic rings. The van der Waals surface area contributed by atoms with Crippen molar-refractivity contribution in [1.82, 2.24) is 9.55 Å². The van der Waals surface area contributed by atoms with Crippen LogP contribution in [0.4, 0.5) is 0 Å². The van der Waals surface area contributed by atoms with Crippen molar-refractivity contribution in [3.8, 4) is 0 Å². The van der Waals surface area contributed by atoms with Crippen LogP contribution in [0, 0.1) is 11.7 Å². The number of fused-ring (bicyclic) bond motifs is 1. The first kappa shape index (κ1) is 11.9. The van der Waals surface area contributed by atoms with Crippen LogP contribution in [0.25, 0.3) is 11.0 Å². The van der Waals surface area contributed by atoms with Crippen LogP contribution in [0.15, 0.2) is 18.2 Å². The van der Waals surface area contributed by atoms with E-state index in [2.05, 4.69) is 41.6 Å². The highest BCUT2D eigenvalue weighted by Gasteiger charge is 2.32. The van der Waals surface area contributed by atoms with E-state index in [-0.39, 0.29) is 0 Å². The molecule has 1 N–H and O–H groups in total. The van der Waals surface area contributed by atoms with Crippen molar-refractivity contribution in [2.45, 2.75) is 38.8 Å². The first-order valence-corrected chi connectivity index (χ1v) is 6.93. The van der Waals surface area contributed by atoms with Crippen molar-refractivity contribution >= 4 is 23.3 Å². The molecule has 3 rings (SSSR count). The molecule has 0 aliphatic heterocycles. The monoisotopic (exact) mass is 262 g/mol. The number of hydrogen-bond donors (Lipinski definition) is 1. The molecule has 0 unspecified atom stereocenters. The average Bonchev–Trinajstić information content (AvgIpc) is 2.61. The zero-order valence-corrected chi connectivity index (χ0v) is 11.6. The summed E-state index contributed by atoms with van der Waals surface area (Å²) in [5.74, 6) is 0. The Bertz CT molecular complexity index is 622. The van der Waals surface area contributed by atoms with E-state index in [4.69, 9.17) is 17.0 Å². The number of hydrogen-bond acceptors (Lipinski definition) is 2. The van der Waals surface area contributed by atoms with E-state index in [9.17, 15) is 0 Å². The number of aryl methyl sites for hydroxylation is 1. The number of nitrogens with zero attached hydrogens (tertiary/aromatic N) is 1. The second-order valence-corrected chi connectivity index (χ2v) is 5.36. The van der Waals surface area contributed by atoms with Crippen LogP contribution < -0.4 is 0 Å². The molecule has 1 saturated carbocycles. The van der Waals surface area contributed by atoms with E-state index in [0.717, 1.165) is 29.7 Å². The molecule has 0 radical (unpaired) electrons. The second-order valence-electron chi connectivity index (χ2n) is 4.97. The van der Waals surface area contributed by atoms with Gasteiger partial charge in [-0.15, -0.1) is 0 Å². The van der Waals surface area contributed by atoms with E-state index in [0.29, 0.717) is 12.1 Å². The summed E-state index contributed by atoms with van der Waals surface area (Å²) in [6.07, 6.45) is 2.56. The van der Waals surface area contributed by atoms with Gasteiger partial charge in [0, 0.05) is 12.6 Å². The third-order valence-electron chi connectivity index (χ3n) is 3.78. The zero-order chi connectivity index (χ0) is 12.7. The number of benzene rings is 1. The van der Waals surface area contributed by atoms with Gasteiger partial charge in [-0.3, -0.25) is 0 Å². The van der Waals surface area contributed by atoms with Crippen LogP contribution in [0.5, 0.6) is 0 Å². The van der Waals surface area contributed by atoms with Gasteiger partial charge in [0.1, 0.15) is 0 Å². The summed E-state index contributed by atoms with van der Waals surface area (Å²) in [4.78, 5) is 3.30. The molecule has 1 heterocycles. The van der Waals surface area contributed by atoms with Crippen molar-refractivity contribution in [2.24, 2.45) is 0 Å². The Balaban J connectivity index is 1.98. The minimum Gasteiger partial charge on any atom is -0.378 e. The summed E-state index contributed by atoms with van der Waals surface area (Å²) < 4.78 is 8.74. The Morgan fingerprint density at radius 1 is 1.44 bits per heavy atom. The highest BCUT2D eigenvalue weighted by molar-refractivity contribution is 7.71. The van der Waals surface area contributed by atoms with Gasteiger partial charge in [0.25, 0.3) is 0 Å². The molecule has 0 saturated heterocycles. The number of aromatic amines is 1. The standard InChI is InChI=1S/C14H18N2OS/c1-3-17-11-7-10(8-11)16-13-9(2)5-4-6-12(13)15-14(16)18/h4-6,10-11H,3,7-8H2,1-2H3,(H,15,18). The maximum Gasteiger partial charge on any atom is 0.178 e. The van der Waals surface area contributed by atoms with Crippen molar-refractivity contribution < 1.29 is 4.74 Å². The Hall–Kier alpha value is -1.13. The van der Waals surface area contributed by atoms with Crippen LogP contribution in [0.1, 0.15) is 31.4 Å². The predicted octanol–water partition coefficient (Wildman–Crippen LogP) is 3.75. The fourth-order valence-corrected chi connectivity index (χ4v) is 3.18. The topological polar surface area (TPSA) is 29.9 Å². The van der Waals surface area contributed by atoms with Gasteiger partial charge in [0.05, 0.1) is 17.1 Å². The molecular weight excluding hydrogens is 244 g/mol. The van der Waals surface area contributed by atoms with Crippen LogP contribution in [-0.2, 0) is 4.74 Å². The van der Waals surface area contributed by atoms with E-state index >= 15 is 0 Å². The molecule has 1 aromatic carbocycles. The third-order valence-corrected chi connectivity index (χ3v) is 4.08. The minimum absolute atomic E-state index is 0.413. The maximum absolute atomic E-state index is 5.63. The lowest BCUT2D eigenvalue weighted by molar-refractivity contribution is -0.0190. The van der Waals surface area contributed by atoms with Crippen molar-refractivity contribution in [1.29, 1.82) is 0 Å². The lowest BCUT2D eigenvalue weighted by Crippen LogP contribution is -2.33. The molecular formula is C14H18N2OS. The van der Waals surface area contributed by atoms with Gasteiger partial charge in [0.2, 0.25) is 0 Å². The lowest BCUT2D eigenvalue weighted by Gasteiger charge is -2.36. The molecule has 1 fully saturated rings. The Labute approximate surface area is 112 Å². The first-order valence-electron chi connectivity index (χ1n) is 6.52. The first-order chi connectivity index (χ1) is 8.70. The molecule has 18 heavy (non-hydrogen) atoms. The van der Waals surface area contributed by atoms with Gasteiger partial charge in [-0.05, 0) is 50.5 Å². The number of H-pyrrole nitrogens is 1. The zero-order valence-electron chi connectivity index (χ0n) is 10.8. The smallest absolute Gasteiger partial charge is 0.178 e. The molecule has 0 atom stereocenters. The van der Waals surface area contributed by atoms with Gasteiger partial charge in [-0.2, -0.15) is 0 Å². The predicted molar refractivity (Wildman–Crippen MR) is 75.5 cm³/mol. The van der Waals surface area contributed by atoms with Gasteiger partial charge < -0.3 is 14.3 Å². The van der Waals surface area contributed by atoms with Crippen LogP contribution in [0.2, 0.25) is 0 Å². The molecule has 96 valence electrons. The van der Waals surface area contributed by atoms with Crippen molar-refractivity contribution in [3.05, 3.63) is 28.5 Å². The van der Waals surface area contributed by atoms with E-state index < -0.39 is 0 Å². The third kappa shape index (κ3) is 1.80. The van der Waals surface area contributed by atoms with Crippen LogP contribution >= 0.6 is 12.2 Å². The van der Waals surface area contributed by atoms with E-state index in [1.807, 2.05) is 0 Å². The molecule has 1 aromatic heterocycles. The largest absolute Gasteiger partial charge is 0.378 e. The van der Waals surface area contributed by atoms with Crippen LogP contribution in [-0.4, -0.2) is 22.3 Å². The highest BCUT2D eigenvalue weighted by Crippen LogP contribution is 2.37. The number of aromatic nitrogens is 2. The fraction of sp³-hybridized carbons (Fsp3) is 0.500. The fourth-order valence-electron chi connectivity index (χ4n) is 2.83. The highest BCUT2D eigenvalue weighted by atomic mass is 32.1. The quantitative estimate of drug-likeness (QED) is 0.854. The SMILES string of the molecule is CCOC1CC(n2c(=S)[nH]c3cccc(C)c32)C1. The molecule has 2 aromatic rings. The van der Waals surface area contributed by atoms with E-state index in [1.54, 1.807) is 0 Å². The summed E-state index contributed by atoms with van der Waals surface area (Å²) >= 11 is 5.46. The number of ether oxygens (including phenoxy) is 1. The molecule has 4 heteroatoms. The van der Waals surface area contributed by atoms with Gasteiger partial charge >= 0.3 is 0 Å². The van der Waals surface area contributed by atoms with Gasteiger partial charge in [0.15, 0.2) is 4.77 Å². The number of nitrogens with one attached hydrogen (secondary N) is 1. The minimum atomic E-state index is 0.413. The molecule has 3 nitrogen and oxygen atoms in total. The Morgan fingerprint density at radius 2 is 2.22 bits per heavy atom. The van der Waals surface area contributed by atoms with E-state index in [1.165, 1.54) is 11.1 Å². The maximum atomic E-state index is 5.63. The summed E-state index contributed by atoms with van der Waals surface area (Å²) in [6.45, 7) is 4.99.